The number of hydrogen-bond donors (Lipinski definition) is 1. The van der Waals surface area contributed by atoms with E-state index in [-0.39, 0.29) is 0 Å². The largest absolute Gasteiger partial charge is 0.522 e. The molecule has 1 heterocycles. The molecule has 0 unspecified atom stereocenters. The molecule has 0 spiro atoms. The molecule has 1 rings (SSSR count). The van der Waals surface area contributed by atoms with Gasteiger partial charge in [0.05, 0.1) is 0 Å². The predicted octanol–water partition coefficient (Wildman–Crippen LogP) is 2.40. The maximum absolute atomic E-state index is 10.7. The van der Waals surface area contributed by atoms with E-state index < -0.39 is 15.6 Å². The highest BCUT2D eigenvalue weighted by molar-refractivity contribution is 7.86. The zero-order chi connectivity index (χ0) is 13.9. The van der Waals surface area contributed by atoms with E-state index in [1.165, 1.54) is 5.56 Å². The Bertz CT molecular complexity index is 432. The fourth-order valence-corrected chi connectivity index (χ4v) is 1.04. The molecule has 0 aliphatic rings. The minimum Gasteiger partial charge on any atom is -0.279 e. The lowest BCUT2D eigenvalue weighted by Gasteiger charge is -1.97. The van der Waals surface area contributed by atoms with E-state index in [4.69, 9.17) is 13.0 Å². The quantitative estimate of drug-likeness (QED) is 0.581. The second-order valence-electron chi connectivity index (χ2n) is 3.35. The molecule has 8 heteroatoms. The standard InChI is InChI=1S/C8H11N.CHF3O3S/c1-6-4-7(2)9-8(3)5-6;2-1(3,4)8(5,6)7/h4-5H,1-3H3;(H,5,6,7). The summed E-state index contributed by atoms with van der Waals surface area (Å²) in [5.41, 5.74) is -2.03. The summed E-state index contributed by atoms with van der Waals surface area (Å²) in [4.78, 5) is 4.23. The van der Waals surface area contributed by atoms with Crippen molar-refractivity contribution in [3.8, 4) is 0 Å². The van der Waals surface area contributed by atoms with Gasteiger partial charge in [-0.05, 0) is 38.5 Å². The molecule has 0 aromatic carbocycles. The summed E-state index contributed by atoms with van der Waals surface area (Å²) in [5, 5.41) is 0. The van der Waals surface area contributed by atoms with Crippen molar-refractivity contribution in [3.63, 3.8) is 0 Å². The zero-order valence-corrected chi connectivity index (χ0v) is 10.2. The first-order valence-electron chi connectivity index (χ1n) is 4.39. The fraction of sp³-hybridized carbons (Fsp3) is 0.444. The van der Waals surface area contributed by atoms with Gasteiger partial charge >= 0.3 is 15.6 Å². The summed E-state index contributed by atoms with van der Waals surface area (Å²) in [6.45, 7) is 6.11. The molecular weight excluding hydrogens is 259 g/mol. The van der Waals surface area contributed by atoms with Crippen molar-refractivity contribution in [1.29, 1.82) is 0 Å². The molecule has 1 N–H and O–H groups in total. The van der Waals surface area contributed by atoms with Gasteiger partial charge < -0.3 is 0 Å². The van der Waals surface area contributed by atoms with Gasteiger partial charge in [0.1, 0.15) is 0 Å². The van der Waals surface area contributed by atoms with E-state index in [2.05, 4.69) is 24.0 Å². The molecule has 0 fully saturated rings. The van der Waals surface area contributed by atoms with E-state index in [0.717, 1.165) is 11.4 Å². The molecule has 98 valence electrons. The third-order valence-electron chi connectivity index (χ3n) is 1.52. The van der Waals surface area contributed by atoms with Crippen molar-refractivity contribution >= 4 is 10.1 Å². The van der Waals surface area contributed by atoms with Crippen LogP contribution in [0.15, 0.2) is 12.1 Å². The number of alkyl halides is 3. The molecule has 17 heavy (non-hydrogen) atoms. The molecular formula is C9H12F3NO3S. The Hall–Kier alpha value is -1.15. The van der Waals surface area contributed by atoms with E-state index in [0.29, 0.717) is 0 Å². The molecule has 0 aliphatic heterocycles. The van der Waals surface area contributed by atoms with Crippen LogP contribution in [0.4, 0.5) is 13.2 Å². The van der Waals surface area contributed by atoms with Crippen LogP contribution in [0.2, 0.25) is 0 Å². The normalized spacial score (nSPS) is 11.7. The van der Waals surface area contributed by atoms with Gasteiger partial charge in [-0.15, -0.1) is 0 Å². The van der Waals surface area contributed by atoms with Crippen LogP contribution in [0.25, 0.3) is 0 Å². The Kier molecular flexibility index (Phi) is 5.09. The highest BCUT2D eigenvalue weighted by Crippen LogP contribution is 2.20. The average molecular weight is 271 g/mol. The zero-order valence-electron chi connectivity index (χ0n) is 9.41. The van der Waals surface area contributed by atoms with Crippen molar-refractivity contribution in [3.05, 3.63) is 29.1 Å². The first kappa shape index (κ1) is 15.9. The van der Waals surface area contributed by atoms with E-state index >= 15 is 0 Å². The van der Waals surface area contributed by atoms with Crippen LogP contribution in [-0.2, 0) is 10.1 Å². The maximum atomic E-state index is 10.7. The minimum atomic E-state index is -5.84. The lowest BCUT2D eigenvalue weighted by molar-refractivity contribution is -0.0510. The van der Waals surface area contributed by atoms with Crippen LogP contribution in [0.5, 0.6) is 0 Å². The summed E-state index contributed by atoms with van der Waals surface area (Å²) >= 11 is 0. The van der Waals surface area contributed by atoms with Crippen molar-refractivity contribution in [2.45, 2.75) is 26.3 Å². The van der Waals surface area contributed by atoms with Gasteiger partial charge in [-0.1, -0.05) is 0 Å². The number of nitrogens with zero attached hydrogens (tertiary/aromatic N) is 1. The molecule has 0 amide bonds. The third kappa shape index (κ3) is 6.22. The van der Waals surface area contributed by atoms with E-state index in [1.54, 1.807) is 0 Å². The topological polar surface area (TPSA) is 67.3 Å². The first-order valence-corrected chi connectivity index (χ1v) is 5.83. The Labute approximate surface area is 97.2 Å². The van der Waals surface area contributed by atoms with Gasteiger partial charge in [-0.3, -0.25) is 9.54 Å². The summed E-state index contributed by atoms with van der Waals surface area (Å²) in [5.74, 6) is 0. The number of aryl methyl sites for hydroxylation is 3. The Balaban J connectivity index is 0.000000304. The van der Waals surface area contributed by atoms with Crippen molar-refractivity contribution < 1.29 is 26.1 Å². The Morgan fingerprint density at radius 3 is 1.59 bits per heavy atom. The predicted molar refractivity (Wildman–Crippen MR) is 56.1 cm³/mol. The van der Waals surface area contributed by atoms with Crippen molar-refractivity contribution in [1.82, 2.24) is 4.98 Å². The van der Waals surface area contributed by atoms with Crippen LogP contribution in [-0.4, -0.2) is 23.5 Å². The van der Waals surface area contributed by atoms with E-state index in [1.807, 2.05) is 13.8 Å². The molecule has 1 aromatic rings. The smallest absolute Gasteiger partial charge is 0.279 e. The van der Waals surface area contributed by atoms with Crippen molar-refractivity contribution in [2.24, 2.45) is 0 Å². The number of hydrogen-bond acceptors (Lipinski definition) is 3. The van der Waals surface area contributed by atoms with Crippen LogP contribution < -0.4 is 0 Å². The third-order valence-corrected chi connectivity index (χ3v) is 2.10. The van der Waals surface area contributed by atoms with Crippen LogP contribution in [0.1, 0.15) is 17.0 Å². The van der Waals surface area contributed by atoms with E-state index in [9.17, 15) is 13.2 Å². The number of halogens is 3. The molecule has 1 aromatic heterocycles. The summed E-state index contributed by atoms with van der Waals surface area (Å²) in [6, 6.07) is 4.15. The second-order valence-corrected chi connectivity index (χ2v) is 4.76. The van der Waals surface area contributed by atoms with Crippen molar-refractivity contribution in [2.75, 3.05) is 0 Å². The van der Waals surface area contributed by atoms with Crippen LogP contribution in [0, 0.1) is 20.8 Å². The minimum absolute atomic E-state index is 1.10. The summed E-state index contributed by atoms with van der Waals surface area (Å²) < 4.78 is 57.5. The lowest BCUT2D eigenvalue weighted by Crippen LogP contribution is -2.21. The maximum Gasteiger partial charge on any atom is 0.522 e. The first-order chi connectivity index (χ1) is 7.43. The molecule has 0 radical (unpaired) electrons. The average Bonchev–Trinajstić information content (AvgIpc) is 1.96. The Morgan fingerprint density at radius 2 is 1.41 bits per heavy atom. The molecule has 0 saturated carbocycles. The molecule has 4 nitrogen and oxygen atoms in total. The van der Waals surface area contributed by atoms with Gasteiger partial charge in [0.2, 0.25) is 0 Å². The molecule has 0 bridgehead atoms. The highest BCUT2D eigenvalue weighted by atomic mass is 32.2. The highest BCUT2D eigenvalue weighted by Gasteiger charge is 2.44. The van der Waals surface area contributed by atoms with Gasteiger partial charge in [0.15, 0.2) is 0 Å². The number of aromatic nitrogens is 1. The Morgan fingerprint density at radius 1 is 1.12 bits per heavy atom. The monoisotopic (exact) mass is 271 g/mol. The molecule has 0 aliphatic carbocycles. The fourth-order valence-electron chi connectivity index (χ4n) is 1.04. The van der Waals surface area contributed by atoms with Gasteiger partial charge in [-0.25, -0.2) is 0 Å². The SMILES string of the molecule is Cc1cc(C)nc(C)c1.O=S(=O)(O)C(F)(F)F. The lowest BCUT2D eigenvalue weighted by atomic mass is 10.2. The second kappa shape index (κ2) is 5.46. The molecule has 0 saturated heterocycles. The van der Waals surface area contributed by atoms with Crippen LogP contribution >= 0.6 is 0 Å². The van der Waals surface area contributed by atoms with Gasteiger partial charge in [0.25, 0.3) is 0 Å². The number of rotatable bonds is 0. The van der Waals surface area contributed by atoms with Crippen LogP contribution in [0.3, 0.4) is 0 Å². The van der Waals surface area contributed by atoms with Gasteiger partial charge in [-0.2, -0.15) is 21.6 Å². The summed E-state index contributed by atoms with van der Waals surface area (Å²) in [7, 11) is -5.84. The summed E-state index contributed by atoms with van der Waals surface area (Å²) in [6.07, 6.45) is 0. The molecule has 0 atom stereocenters. The van der Waals surface area contributed by atoms with Gasteiger partial charge in [0, 0.05) is 11.4 Å². The number of pyridine rings is 1.